The summed E-state index contributed by atoms with van der Waals surface area (Å²) in [4.78, 5) is 22.7. The second-order valence-electron chi connectivity index (χ2n) is 6.50. The molecule has 0 saturated heterocycles. The fourth-order valence-corrected chi connectivity index (χ4v) is 3.75. The van der Waals surface area contributed by atoms with Crippen LogP contribution in [0.2, 0.25) is 0 Å². The summed E-state index contributed by atoms with van der Waals surface area (Å²) in [5, 5.41) is 11.2. The Morgan fingerprint density at radius 2 is 1.79 bits per heavy atom. The SMILES string of the molecule is N=C(NC(=O)c1ccccc1)N(CCCc1cnc[nH]1)CCSc1ccccc1. The van der Waals surface area contributed by atoms with Crippen LogP contribution >= 0.6 is 11.8 Å². The van der Waals surface area contributed by atoms with Gasteiger partial charge >= 0.3 is 0 Å². The summed E-state index contributed by atoms with van der Waals surface area (Å²) >= 11 is 1.75. The molecule has 150 valence electrons. The third-order valence-corrected chi connectivity index (χ3v) is 5.38. The number of imidazole rings is 1. The average Bonchev–Trinajstić information content (AvgIpc) is 3.27. The van der Waals surface area contributed by atoms with Gasteiger partial charge in [-0.15, -0.1) is 11.8 Å². The standard InChI is InChI=1S/C22H25N5OS/c23-22(26-21(28)18-8-3-1-4-9-18)27(13-7-10-19-16-24-17-25-19)14-15-29-20-11-5-2-6-12-20/h1-6,8-9,11-12,16-17H,7,10,13-15H2,(H,24,25)(H2,23,26,28). The molecule has 3 aromatic rings. The number of hydrogen-bond donors (Lipinski definition) is 3. The van der Waals surface area contributed by atoms with Crippen LogP contribution in [0.3, 0.4) is 0 Å². The number of benzene rings is 2. The number of nitrogens with zero attached hydrogens (tertiary/aromatic N) is 2. The number of thioether (sulfide) groups is 1. The highest BCUT2D eigenvalue weighted by Gasteiger charge is 2.14. The number of H-pyrrole nitrogens is 1. The van der Waals surface area contributed by atoms with Gasteiger partial charge in [0.25, 0.3) is 5.91 Å². The number of aromatic nitrogens is 2. The number of guanidine groups is 1. The minimum absolute atomic E-state index is 0.136. The van der Waals surface area contributed by atoms with Gasteiger partial charge in [-0.3, -0.25) is 15.5 Å². The Hall–Kier alpha value is -3.06. The predicted molar refractivity (Wildman–Crippen MR) is 117 cm³/mol. The predicted octanol–water partition coefficient (Wildman–Crippen LogP) is 3.80. The Kier molecular flexibility index (Phi) is 7.89. The molecule has 1 amide bonds. The molecular weight excluding hydrogens is 382 g/mol. The maximum absolute atomic E-state index is 12.4. The smallest absolute Gasteiger partial charge is 0.257 e. The minimum atomic E-state index is -0.259. The summed E-state index contributed by atoms with van der Waals surface area (Å²) in [5.41, 5.74) is 1.62. The van der Waals surface area contributed by atoms with Crippen LogP contribution in [0.4, 0.5) is 0 Å². The summed E-state index contributed by atoms with van der Waals surface area (Å²) < 4.78 is 0. The van der Waals surface area contributed by atoms with Crippen LogP contribution in [0.1, 0.15) is 22.5 Å². The van der Waals surface area contributed by atoms with Crippen LogP contribution < -0.4 is 5.32 Å². The number of nitrogens with one attached hydrogen (secondary N) is 3. The Morgan fingerprint density at radius 3 is 2.48 bits per heavy atom. The summed E-state index contributed by atoms with van der Waals surface area (Å²) in [6.07, 6.45) is 5.20. The van der Waals surface area contributed by atoms with Gasteiger partial charge in [-0.05, 0) is 37.1 Å². The zero-order valence-corrected chi connectivity index (χ0v) is 17.0. The Labute approximate surface area is 175 Å². The van der Waals surface area contributed by atoms with Crippen LogP contribution in [0.5, 0.6) is 0 Å². The number of carbonyl (C=O) groups is 1. The van der Waals surface area contributed by atoms with E-state index in [4.69, 9.17) is 5.41 Å². The maximum atomic E-state index is 12.4. The molecule has 29 heavy (non-hydrogen) atoms. The highest BCUT2D eigenvalue weighted by molar-refractivity contribution is 7.99. The molecule has 0 fully saturated rings. The fraction of sp³-hybridized carbons (Fsp3) is 0.227. The molecule has 1 heterocycles. The normalized spacial score (nSPS) is 10.5. The summed E-state index contributed by atoms with van der Waals surface area (Å²) in [6, 6.07) is 19.2. The lowest BCUT2D eigenvalue weighted by Crippen LogP contribution is -2.45. The lowest BCUT2D eigenvalue weighted by molar-refractivity contribution is 0.0972. The zero-order valence-electron chi connectivity index (χ0n) is 16.2. The average molecular weight is 408 g/mol. The minimum Gasteiger partial charge on any atom is -0.348 e. The lowest BCUT2D eigenvalue weighted by atomic mass is 10.2. The third kappa shape index (κ3) is 6.80. The zero-order chi connectivity index (χ0) is 20.3. The van der Waals surface area contributed by atoms with E-state index in [9.17, 15) is 4.79 Å². The van der Waals surface area contributed by atoms with Crippen molar-refractivity contribution in [2.45, 2.75) is 17.7 Å². The van der Waals surface area contributed by atoms with Crippen molar-refractivity contribution < 1.29 is 4.79 Å². The van der Waals surface area contributed by atoms with Gasteiger partial charge in [0.1, 0.15) is 0 Å². The van der Waals surface area contributed by atoms with Gasteiger partial charge in [0.05, 0.1) is 6.33 Å². The van der Waals surface area contributed by atoms with Crippen LogP contribution in [0.15, 0.2) is 78.1 Å². The molecule has 1 aromatic heterocycles. The molecule has 0 bridgehead atoms. The molecular formula is C22H25N5OS. The van der Waals surface area contributed by atoms with E-state index in [1.54, 1.807) is 30.2 Å². The van der Waals surface area contributed by atoms with E-state index in [0.29, 0.717) is 18.7 Å². The van der Waals surface area contributed by atoms with Crippen LogP contribution in [-0.2, 0) is 6.42 Å². The maximum Gasteiger partial charge on any atom is 0.257 e. The van der Waals surface area contributed by atoms with Crippen molar-refractivity contribution in [3.05, 3.63) is 84.4 Å². The largest absolute Gasteiger partial charge is 0.348 e. The van der Waals surface area contributed by atoms with Crippen molar-refractivity contribution in [1.82, 2.24) is 20.2 Å². The van der Waals surface area contributed by atoms with Crippen molar-refractivity contribution in [3.63, 3.8) is 0 Å². The van der Waals surface area contributed by atoms with Crippen LogP contribution in [-0.4, -0.2) is 45.6 Å². The molecule has 6 nitrogen and oxygen atoms in total. The van der Waals surface area contributed by atoms with E-state index in [2.05, 4.69) is 27.4 Å². The van der Waals surface area contributed by atoms with E-state index >= 15 is 0 Å². The Balaban J connectivity index is 1.55. The molecule has 0 aliphatic carbocycles. The molecule has 0 aliphatic heterocycles. The lowest BCUT2D eigenvalue weighted by Gasteiger charge is -2.25. The van der Waals surface area contributed by atoms with Gasteiger partial charge in [0.2, 0.25) is 0 Å². The van der Waals surface area contributed by atoms with E-state index in [1.807, 2.05) is 47.5 Å². The first-order valence-corrected chi connectivity index (χ1v) is 10.6. The number of carbonyl (C=O) groups excluding carboxylic acids is 1. The van der Waals surface area contributed by atoms with Gasteiger partial charge in [0.15, 0.2) is 5.96 Å². The van der Waals surface area contributed by atoms with Gasteiger partial charge < -0.3 is 9.88 Å². The van der Waals surface area contributed by atoms with Crippen molar-refractivity contribution >= 4 is 23.6 Å². The highest BCUT2D eigenvalue weighted by atomic mass is 32.2. The van der Waals surface area contributed by atoms with Gasteiger partial charge in [-0.25, -0.2) is 4.98 Å². The Morgan fingerprint density at radius 1 is 1.07 bits per heavy atom. The summed E-state index contributed by atoms with van der Waals surface area (Å²) in [5.74, 6) is 0.708. The molecule has 0 radical (unpaired) electrons. The van der Waals surface area contributed by atoms with Crippen LogP contribution in [0, 0.1) is 5.41 Å². The fourth-order valence-electron chi connectivity index (χ4n) is 2.86. The first kappa shape index (κ1) is 20.7. The van der Waals surface area contributed by atoms with Gasteiger partial charge in [0, 0.05) is 41.2 Å². The molecule has 3 N–H and O–H groups in total. The second kappa shape index (κ2) is 11.1. The monoisotopic (exact) mass is 407 g/mol. The number of aryl methyl sites for hydroxylation is 1. The van der Waals surface area contributed by atoms with E-state index < -0.39 is 0 Å². The first-order valence-electron chi connectivity index (χ1n) is 9.57. The quantitative estimate of drug-likeness (QED) is 0.286. The third-order valence-electron chi connectivity index (χ3n) is 4.39. The summed E-state index contributed by atoms with van der Waals surface area (Å²) in [6.45, 7) is 1.36. The Bertz CT molecular complexity index is 884. The molecule has 2 aromatic carbocycles. The van der Waals surface area contributed by atoms with Crippen LogP contribution in [0.25, 0.3) is 0 Å². The van der Waals surface area contributed by atoms with Crippen molar-refractivity contribution in [1.29, 1.82) is 5.41 Å². The molecule has 0 saturated carbocycles. The number of hydrogen-bond acceptors (Lipinski definition) is 4. The van der Waals surface area contributed by atoms with E-state index in [0.717, 1.165) is 24.3 Å². The van der Waals surface area contributed by atoms with Crippen molar-refractivity contribution in [3.8, 4) is 0 Å². The molecule has 0 unspecified atom stereocenters. The van der Waals surface area contributed by atoms with Crippen molar-refractivity contribution in [2.24, 2.45) is 0 Å². The molecule has 0 atom stereocenters. The molecule has 0 spiro atoms. The number of aromatic amines is 1. The van der Waals surface area contributed by atoms with Gasteiger partial charge in [-0.1, -0.05) is 36.4 Å². The summed E-state index contributed by atoms with van der Waals surface area (Å²) in [7, 11) is 0. The van der Waals surface area contributed by atoms with E-state index in [1.165, 1.54) is 4.90 Å². The second-order valence-corrected chi connectivity index (χ2v) is 7.67. The highest BCUT2D eigenvalue weighted by Crippen LogP contribution is 2.17. The van der Waals surface area contributed by atoms with Gasteiger partial charge in [-0.2, -0.15) is 0 Å². The topological polar surface area (TPSA) is 84.9 Å². The molecule has 0 aliphatic rings. The molecule has 7 heteroatoms. The van der Waals surface area contributed by atoms with Crippen molar-refractivity contribution in [2.75, 3.05) is 18.8 Å². The molecule has 3 rings (SSSR count). The van der Waals surface area contributed by atoms with E-state index in [-0.39, 0.29) is 11.9 Å². The number of amides is 1. The number of rotatable bonds is 9. The first-order chi connectivity index (χ1) is 14.2.